The van der Waals surface area contributed by atoms with Gasteiger partial charge in [0.1, 0.15) is 0 Å². The van der Waals surface area contributed by atoms with Gasteiger partial charge in [-0.2, -0.15) is 0 Å². The van der Waals surface area contributed by atoms with Gasteiger partial charge in [0.2, 0.25) is 5.91 Å². The largest absolute Gasteiger partial charge is 0.351 e. The highest BCUT2D eigenvalue weighted by Gasteiger charge is 2.40. The van der Waals surface area contributed by atoms with E-state index in [1.54, 1.807) is 0 Å². The second kappa shape index (κ2) is 3.78. The summed E-state index contributed by atoms with van der Waals surface area (Å²) in [4.78, 5) is 12.1. The number of carbonyl (C=O) groups excluding carboxylic acids is 1. The maximum atomic E-state index is 12.1. The van der Waals surface area contributed by atoms with E-state index >= 15 is 0 Å². The standard InChI is InChI=1S/C12H22N2O/c1-8-6-13-7-10(8)11(15)14-12(2,3)9-4-5-9/h8-10,13H,4-7H2,1-3H3,(H,14,15)/t8-,10-/m1/s1. The molecule has 2 aliphatic rings. The minimum atomic E-state index is -0.000602. The van der Waals surface area contributed by atoms with Gasteiger partial charge in [0.05, 0.1) is 5.92 Å². The molecule has 2 fully saturated rings. The molecule has 2 rings (SSSR count). The Bertz CT molecular complexity index is 258. The van der Waals surface area contributed by atoms with Gasteiger partial charge in [-0.15, -0.1) is 0 Å². The maximum Gasteiger partial charge on any atom is 0.225 e. The number of carbonyl (C=O) groups is 1. The first kappa shape index (κ1) is 10.9. The van der Waals surface area contributed by atoms with E-state index in [9.17, 15) is 4.79 Å². The number of amides is 1. The van der Waals surface area contributed by atoms with E-state index in [0.717, 1.165) is 13.1 Å². The van der Waals surface area contributed by atoms with Gasteiger partial charge in [0, 0.05) is 12.1 Å². The second-order valence-electron chi connectivity index (χ2n) is 5.73. The number of rotatable bonds is 3. The fourth-order valence-electron chi connectivity index (χ4n) is 2.48. The van der Waals surface area contributed by atoms with Crippen LogP contribution in [0.25, 0.3) is 0 Å². The molecule has 86 valence electrons. The summed E-state index contributed by atoms with van der Waals surface area (Å²) in [5.41, 5.74) is -0.000602. The van der Waals surface area contributed by atoms with Crippen LogP contribution in [0.15, 0.2) is 0 Å². The molecular weight excluding hydrogens is 188 g/mol. The fourth-order valence-corrected chi connectivity index (χ4v) is 2.48. The Morgan fingerprint density at radius 3 is 2.47 bits per heavy atom. The van der Waals surface area contributed by atoms with Crippen LogP contribution in [0, 0.1) is 17.8 Å². The van der Waals surface area contributed by atoms with Crippen LogP contribution in [0.5, 0.6) is 0 Å². The van der Waals surface area contributed by atoms with Crippen LogP contribution >= 0.6 is 0 Å². The summed E-state index contributed by atoms with van der Waals surface area (Å²) in [5, 5.41) is 6.48. The monoisotopic (exact) mass is 210 g/mol. The molecule has 3 nitrogen and oxygen atoms in total. The van der Waals surface area contributed by atoms with Crippen LogP contribution in [0.1, 0.15) is 33.6 Å². The highest BCUT2D eigenvalue weighted by atomic mass is 16.2. The summed E-state index contributed by atoms with van der Waals surface area (Å²) in [6, 6.07) is 0. The molecule has 0 aromatic heterocycles. The molecule has 2 atom stereocenters. The van der Waals surface area contributed by atoms with Crippen LogP contribution in [-0.4, -0.2) is 24.5 Å². The van der Waals surface area contributed by atoms with Gasteiger partial charge < -0.3 is 10.6 Å². The number of nitrogens with one attached hydrogen (secondary N) is 2. The van der Waals surface area contributed by atoms with Crippen molar-refractivity contribution in [2.75, 3.05) is 13.1 Å². The van der Waals surface area contributed by atoms with E-state index in [1.165, 1.54) is 12.8 Å². The summed E-state index contributed by atoms with van der Waals surface area (Å²) < 4.78 is 0. The lowest BCUT2D eigenvalue weighted by molar-refractivity contribution is -0.127. The SMILES string of the molecule is C[C@@H]1CNC[C@H]1C(=O)NC(C)(C)C1CC1. The zero-order chi connectivity index (χ0) is 11.1. The van der Waals surface area contributed by atoms with Crippen LogP contribution in [0.3, 0.4) is 0 Å². The molecule has 1 aliphatic heterocycles. The molecule has 0 bridgehead atoms. The van der Waals surface area contributed by atoms with Crippen molar-refractivity contribution in [2.45, 2.75) is 39.2 Å². The Labute approximate surface area is 92.0 Å². The molecule has 1 heterocycles. The minimum Gasteiger partial charge on any atom is -0.351 e. The maximum absolute atomic E-state index is 12.1. The summed E-state index contributed by atoms with van der Waals surface area (Å²) in [6.45, 7) is 8.26. The van der Waals surface area contributed by atoms with Crippen molar-refractivity contribution in [3.8, 4) is 0 Å². The normalized spacial score (nSPS) is 31.7. The van der Waals surface area contributed by atoms with Crippen molar-refractivity contribution >= 4 is 5.91 Å². The van der Waals surface area contributed by atoms with E-state index in [-0.39, 0.29) is 17.4 Å². The van der Waals surface area contributed by atoms with Gasteiger partial charge >= 0.3 is 0 Å². The van der Waals surface area contributed by atoms with E-state index < -0.39 is 0 Å². The topological polar surface area (TPSA) is 41.1 Å². The molecule has 0 aromatic rings. The van der Waals surface area contributed by atoms with Crippen LogP contribution < -0.4 is 10.6 Å². The zero-order valence-electron chi connectivity index (χ0n) is 9.97. The fraction of sp³-hybridized carbons (Fsp3) is 0.917. The van der Waals surface area contributed by atoms with E-state index in [0.29, 0.717) is 11.8 Å². The molecule has 1 amide bonds. The first-order chi connectivity index (χ1) is 7.00. The third-order valence-corrected chi connectivity index (χ3v) is 3.90. The average molecular weight is 210 g/mol. The van der Waals surface area contributed by atoms with Crippen molar-refractivity contribution < 1.29 is 4.79 Å². The Hall–Kier alpha value is -0.570. The summed E-state index contributed by atoms with van der Waals surface area (Å²) in [7, 11) is 0. The van der Waals surface area contributed by atoms with Crippen molar-refractivity contribution in [1.29, 1.82) is 0 Å². The van der Waals surface area contributed by atoms with Gasteiger partial charge in [-0.25, -0.2) is 0 Å². The van der Waals surface area contributed by atoms with Crippen molar-refractivity contribution in [2.24, 2.45) is 17.8 Å². The van der Waals surface area contributed by atoms with Gasteiger partial charge in [0.25, 0.3) is 0 Å². The Balaban J connectivity index is 1.90. The molecule has 1 saturated carbocycles. The molecule has 3 heteroatoms. The van der Waals surface area contributed by atoms with Gasteiger partial charge in [-0.3, -0.25) is 4.79 Å². The Morgan fingerprint density at radius 1 is 1.33 bits per heavy atom. The molecular formula is C12H22N2O. The first-order valence-corrected chi connectivity index (χ1v) is 6.03. The van der Waals surface area contributed by atoms with E-state index in [4.69, 9.17) is 0 Å². The summed E-state index contributed by atoms with van der Waals surface area (Å²) in [5.74, 6) is 1.58. The lowest BCUT2D eigenvalue weighted by Crippen LogP contribution is -2.48. The lowest BCUT2D eigenvalue weighted by Gasteiger charge is -2.28. The van der Waals surface area contributed by atoms with Crippen LogP contribution in [0.4, 0.5) is 0 Å². The third-order valence-electron chi connectivity index (χ3n) is 3.90. The minimum absolute atomic E-state index is 0.000602. The molecule has 1 aliphatic carbocycles. The molecule has 1 saturated heterocycles. The molecule has 0 unspecified atom stereocenters. The van der Waals surface area contributed by atoms with Crippen LogP contribution in [-0.2, 0) is 4.79 Å². The predicted octanol–water partition coefficient (Wildman–Crippen LogP) is 1.15. The number of hydrogen-bond acceptors (Lipinski definition) is 2. The van der Waals surface area contributed by atoms with Gasteiger partial charge in [-0.1, -0.05) is 6.92 Å². The first-order valence-electron chi connectivity index (χ1n) is 6.03. The van der Waals surface area contributed by atoms with Crippen LogP contribution in [0.2, 0.25) is 0 Å². The molecule has 15 heavy (non-hydrogen) atoms. The predicted molar refractivity (Wildman–Crippen MR) is 60.5 cm³/mol. The quantitative estimate of drug-likeness (QED) is 0.733. The molecule has 0 aromatic carbocycles. The highest BCUT2D eigenvalue weighted by molar-refractivity contribution is 5.80. The van der Waals surface area contributed by atoms with Gasteiger partial charge in [0.15, 0.2) is 0 Å². The average Bonchev–Trinajstić information content (AvgIpc) is 2.89. The highest BCUT2D eigenvalue weighted by Crippen LogP contribution is 2.39. The van der Waals surface area contributed by atoms with Crippen molar-refractivity contribution in [3.05, 3.63) is 0 Å². The van der Waals surface area contributed by atoms with Crippen molar-refractivity contribution in [1.82, 2.24) is 10.6 Å². The summed E-state index contributed by atoms with van der Waals surface area (Å²) in [6.07, 6.45) is 2.54. The third kappa shape index (κ3) is 2.33. The second-order valence-corrected chi connectivity index (χ2v) is 5.73. The smallest absolute Gasteiger partial charge is 0.225 e. The Morgan fingerprint density at radius 2 is 2.00 bits per heavy atom. The van der Waals surface area contributed by atoms with Gasteiger partial charge in [-0.05, 0) is 45.1 Å². The molecule has 0 spiro atoms. The van der Waals surface area contributed by atoms with E-state index in [2.05, 4.69) is 31.4 Å². The van der Waals surface area contributed by atoms with E-state index in [1.807, 2.05) is 0 Å². The summed E-state index contributed by atoms with van der Waals surface area (Å²) >= 11 is 0. The number of hydrogen-bond donors (Lipinski definition) is 2. The zero-order valence-corrected chi connectivity index (χ0v) is 9.97. The van der Waals surface area contributed by atoms with Crippen molar-refractivity contribution in [3.63, 3.8) is 0 Å². The lowest BCUT2D eigenvalue weighted by atomic mass is 9.93. The molecule has 2 N–H and O–H groups in total. The molecule has 0 radical (unpaired) electrons. The Kier molecular flexibility index (Phi) is 2.75.